The maximum atomic E-state index is 11.8. The number of hydrogen-bond acceptors (Lipinski definition) is 4. The third-order valence-electron chi connectivity index (χ3n) is 4.06. The molecular weight excluding hydrogens is 332 g/mol. The summed E-state index contributed by atoms with van der Waals surface area (Å²) in [6.45, 7) is 5.60. The number of amides is 2. The number of hydrogen-bond donors (Lipinski definition) is 2. The van der Waals surface area contributed by atoms with Gasteiger partial charge >= 0.3 is 6.09 Å². The third kappa shape index (κ3) is 7.76. The first kappa shape index (κ1) is 20.1. The molecule has 0 spiro atoms. The summed E-state index contributed by atoms with van der Waals surface area (Å²) in [5, 5.41) is 5.20. The predicted molar refractivity (Wildman–Crippen MR) is 100 cm³/mol. The number of ether oxygens (including phenoxy) is 2. The lowest BCUT2D eigenvalue weighted by Crippen LogP contribution is -2.39. The van der Waals surface area contributed by atoms with Gasteiger partial charge in [-0.3, -0.25) is 4.79 Å². The quantitative estimate of drug-likeness (QED) is 0.811. The molecule has 1 aliphatic carbocycles. The van der Waals surface area contributed by atoms with E-state index in [9.17, 15) is 9.59 Å². The molecule has 0 aromatic heterocycles. The minimum absolute atomic E-state index is 0.113. The van der Waals surface area contributed by atoms with Gasteiger partial charge in [0.15, 0.2) is 0 Å². The Labute approximate surface area is 155 Å². The Kier molecular flexibility index (Phi) is 7.30. The van der Waals surface area contributed by atoms with E-state index >= 15 is 0 Å². The van der Waals surface area contributed by atoms with Crippen LogP contribution in [0, 0.1) is 0 Å². The van der Waals surface area contributed by atoms with E-state index in [4.69, 9.17) is 9.47 Å². The van der Waals surface area contributed by atoms with Crippen LogP contribution in [0.4, 0.5) is 4.79 Å². The standard InChI is InChI=1S/C20H30N2O4/c1-20(2,3)26-19(24)22-14-18(23)21-13-15-9-11-17(12-10-15)25-16-7-5-4-6-8-16/h9-12,16H,4-8,13-14H2,1-3H3,(H,21,23)(H,22,24). The molecule has 0 heterocycles. The molecule has 1 aromatic rings. The highest BCUT2D eigenvalue weighted by Gasteiger charge is 2.17. The first-order valence-corrected chi connectivity index (χ1v) is 9.31. The molecule has 6 heteroatoms. The topological polar surface area (TPSA) is 76.7 Å². The highest BCUT2D eigenvalue weighted by Crippen LogP contribution is 2.23. The van der Waals surface area contributed by atoms with Gasteiger partial charge in [0.25, 0.3) is 0 Å². The van der Waals surface area contributed by atoms with E-state index in [1.807, 2.05) is 24.3 Å². The van der Waals surface area contributed by atoms with Crippen LogP contribution in [0.15, 0.2) is 24.3 Å². The van der Waals surface area contributed by atoms with Crippen molar-refractivity contribution in [3.63, 3.8) is 0 Å². The van der Waals surface area contributed by atoms with Gasteiger partial charge in [0, 0.05) is 6.54 Å². The number of benzene rings is 1. The van der Waals surface area contributed by atoms with Crippen LogP contribution in [-0.4, -0.2) is 30.3 Å². The average molecular weight is 362 g/mol. The maximum absolute atomic E-state index is 11.8. The molecule has 1 aliphatic rings. The Morgan fingerprint density at radius 3 is 2.31 bits per heavy atom. The molecule has 0 unspecified atom stereocenters. The maximum Gasteiger partial charge on any atom is 0.408 e. The number of rotatable bonds is 6. The zero-order valence-electron chi connectivity index (χ0n) is 16.0. The monoisotopic (exact) mass is 362 g/mol. The smallest absolute Gasteiger partial charge is 0.408 e. The molecule has 2 rings (SSSR count). The molecule has 0 saturated heterocycles. The molecule has 1 fully saturated rings. The van der Waals surface area contributed by atoms with E-state index in [-0.39, 0.29) is 12.5 Å². The zero-order valence-corrected chi connectivity index (χ0v) is 16.0. The fourth-order valence-corrected chi connectivity index (χ4v) is 2.79. The Balaban J connectivity index is 1.68. The van der Waals surface area contributed by atoms with Crippen molar-refractivity contribution in [2.75, 3.05) is 6.54 Å². The van der Waals surface area contributed by atoms with E-state index in [0.29, 0.717) is 12.6 Å². The van der Waals surface area contributed by atoms with Crippen LogP contribution < -0.4 is 15.4 Å². The van der Waals surface area contributed by atoms with Gasteiger partial charge in [-0.15, -0.1) is 0 Å². The summed E-state index contributed by atoms with van der Waals surface area (Å²) in [6, 6.07) is 7.77. The molecule has 2 amide bonds. The van der Waals surface area contributed by atoms with Gasteiger partial charge in [0.1, 0.15) is 17.9 Å². The Morgan fingerprint density at radius 1 is 1.04 bits per heavy atom. The molecule has 2 N–H and O–H groups in total. The molecular formula is C20H30N2O4. The van der Waals surface area contributed by atoms with Crippen molar-refractivity contribution < 1.29 is 19.1 Å². The number of carbonyl (C=O) groups excluding carboxylic acids is 2. The van der Waals surface area contributed by atoms with Crippen LogP contribution in [0.3, 0.4) is 0 Å². The van der Waals surface area contributed by atoms with Crippen molar-refractivity contribution in [1.82, 2.24) is 10.6 Å². The minimum atomic E-state index is -0.600. The van der Waals surface area contributed by atoms with Crippen molar-refractivity contribution >= 4 is 12.0 Å². The highest BCUT2D eigenvalue weighted by molar-refractivity contribution is 5.82. The van der Waals surface area contributed by atoms with Gasteiger partial charge in [0.05, 0.1) is 6.10 Å². The van der Waals surface area contributed by atoms with Crippen LogP contribution in [0.1, 0.15) is 58.4 Å². The summed E-state index contributed by atoms with van der Waals surface area (Å²) < 4.78 is 11.1. The van der Waals surface area contributed by atoms with Gasteiger partial charge in [-0.2, -0.15) is 0 Å². The fraction of sp³-hybridized carbons (Fsp3) is 0.600. The predicted octanol–water partition coefficient (Wildman–Crippen LogP) is 3.54. The van der Waals surface area contributed by atoms with E-state index in [2.05, 4.69) is 10.6 Å². The van der Waals surface area contributed by atoms with Crippen molar-refractivity contribution in [1.29, 1.82) is 0 Å². The minimum Gasteiger partial charge on any atom is -0.490 e. The van der Waals surface area contributed by atoms with Gasteiger partial charge in [-0.05, 0) is 64.2 Å². The lowest BCUT2D eigenvalue weighted by atomic mass is 9.98. The molecule has 0 radical (unpaired) electrons. The van der Waals surface area contributed by atoms with Crippen molar-refractivity contribution in [3.8, 4) is 5.75 Å². The normalized spacial score (nSPS) is 15.2. The molecule has 6 nitrogen and oxygen atoms in total. The third-order valence-corrected chi connectivity index (χ3v) is 4.06. The highest BCUT2D eigenvalue weighted by atomic mass is 16.6. The SMILES string of the molecule is CC(C)(C)OC(=O)NCC(=O)NCc1ccc(OC2CCCCC2)cc1. The fourth-order valence-electron chi connectivity index (χ4n) is 2.79. The van der Waals surface area contributed by atoms with Crippen LogP contribution in [0.5, 0.6) is 5.75 Å². The zero-order chi connectivity index (χ0) is 19.0. The second kappa shape index (κ2) is 9.46. The van der Waals surface area contributed by atoms with Crippen molar-refractivity contribution in [2.45, 2.75) is 71.1 Å². The largest absolute Gasteiger partial charge is 0.490 e. The molecule has 26 heavy (non-hydrogen) atoms. The van der Waals surface area contributed by atoms with Gasteiger partial charge in [-0.25, -0.2) is 4.79 Å². The van der Waals surface area contributed by atoms with E-state index in [1.54, 1.807) is 20.8 Å². The Hall–Kier alpha value is -2.24. The van der Waals surface area contributed by atoms with E-state index < -0.39 is 11.7 Å². The van der Waals surface area contributed by atoms with Crippen LogP contribution in [0.2, 0.25) is 0 Å². The van der Waals surface area contributed by atoms with Gasteiger partial charge < -0.3 is 20.1 Å². The van der Waals surface area contributed by atoms with E-state index in [1.165, 1.54) is 19.3 Å². The van der Waals surface area contributed by atoms with Gasteiger partial charge in [-0.1, -0.05) is 18.6 Å². The molecule has 144 valence electrons. The summed E-state index contributed by atoms with van der Waals surface area (Å²) in [7, 11) is 0. The summed E-state index contributed by atoms with van der Waals surface area (Å²) in [4.78, 5) is 23.3. The van der Waals surface area contributed by atoms with Gasteiger partial charge in [0.2, 0.25) is 5.91 Å². The molecule has 1 aromatic carbocycles. The molecule has 1 saturated carbocycles. The molecule has 0 bridgehead atoms. The summed E-state index contributed by atoms with van der Waals surface area (Å²) in [5.41, 5.74) is 0.397. The summed E-state index contributed by atoms with van der Waals surface area (Å²) in [6.07, 6.45) is 5.77. The Bertz CT molecular complexity index is 587. The number of alkyl carbamates (subject to hydrolysis) is 1. The first-order valence-electron chi connectivity index (χ1n) is 9.31. The lowest BCUT2D eigenvalue weighted by molar-refractivity contribution is -0.120. The van der Waals surface area contributed by atoms with Crippen molar-refractivity contribution in [2.24, 2.45) is 0 Å². The van der Waals surface area contributed by atoms with Crippen LogP contribution >= 0.6 is 0 Å². The number of nitrogens with one attached hydrogen (secondary N) is 2. The average Bonchev–Trinajstić information content (AvgIpc) is 2.59. The summed E-state index contributed by atoms with van der Waals surface area (Å²) >= 11 is 0. The first-order chi connectivity index (χ1) is 12.3. The molecule has 0 atom stereocenters. The number of carbonyl (C=O) groups is 2. The molecule has 0 aliphatic heterocycles. The van der Waals surface area contributed by atoms with Crippen LogP contribution in [-0.2, 0) is 16.1 Å². The summed E-state index contributed by atoms with van der Waals surface area (Å²) in [5.74, 6) is 0.608. The second-order valence-corrected chi connectivity index (χ2v) is 7.65. The van der Waals surface area contributed by atoms with Crippen LogP contribution in [0.25, 0.3) is 0 Å². The lowest BCUT2D eigenvalue weighted by Gasteiger charge is -2.23. The Morgan fingerprint density at radius 2 is 1.69 bits per heavy atom. The van der Waals surface area contributed by atoms with E-state index in [0.717, 1.165) is 24.2 Å². The second-order valence-electron chi connectivity index (χ2n) is 7.65. The van der Waals surface area contributed by atoms with Crippen molar-refractivity contribution in [3.05, 3.63) is 29.8 Å².